The van der Waals surface area contributed by atoms with E-state index in [4.69, 9.17) is 16.3 Å². The molecule has 1 aromatic heterocycles. The highest BCUT2D eigenvalue weighted by Gasteiger charge is 2.07. The fourth-order valence-corrected chi connectivity index (χ4v) is 2.41. The molecule has 6 nitrogen and oxygen atoms in total. The van der Waals surface area contributed by atoms with Crippen molar-refractivity contribution in [3.63, 3.8) is 0 Å². The van der Waals surface area contributed by atoms with Gasteiger partial charge in [-0.15, -0.1) is 10.2 Å². The number of nitrogens with one attached hydrogen (secondary N) is 1. The van der Waals surface area contributed by atoms with E-state index >= 15 is 0 Å². The van der Waals surface area contributed by atoms with Gasteiger partial charge in [0.05, 0.1) is 18.3 Å². The third-order valence-corrected chi connectivity index (χ3v) is 3.68. The van der Waals surface area contributed by atoms with Gasteiger partial charge in [-0.25, -0.2) is 0 Å². The highest BCUT2D eigenvalue weighted by atomic mass is 35.5. The topological polar surface area (TPSA) is 79.6 Å². The molecule has 0 unspecified atom stereocenters. The van der Waals surface area contributed by atoms with Crippen LogP contribution < -0.4 is 10.2 Å². The molecule has 0 atom stereocenters. The average Bonchev–Trinajstić information content (AvgIpc) is 2.64. The zero-order chi connectivity index (χ0) is 17.6. The molecule has 0 saturated heterocycles. The number of hydrogen-bond donors (Lipinski definition) is 2. The Labute approximate surface area is 149 Å². The van der Waals surface area contributed by atoms with Crippen LogP contribution in [0.15, 0.2) is 59.7 Å². The molecule has 2 N–H and O–H groups in total. The van der Waals surface area contributed by atoms with Gasteiger partial charge < -0.3 is 9.84 Å². The summed E-state index contributed by atoms with van der Waals surface area (Å²) in [5, 5.41) is 22.3. The molecule has 0 radical (unpaired) electrons. The molecular weight excluding hydrogens is 340 g/mol. The normalized spacial score (nSPS) is 10.8. The molecule has 0 bridgehead atoms. The second kappa shape index (κ2) is 7.63. The van der Waals surface area contributed by atoms with Crippen LogP contribution in [0.25, 0.3) is 11.3 Å². The maximum Gasteiger partial charge on any atom is 0.170 e. The summed E-state index contributed by atoms with van der Waals surface area (Å²) in [6.45, 7) is 0. The number of phenolic OH excluding ortho intramolecular Hbond substituents is 1. The van der Waals surface area contributed by atoms with Crippen LogP contribution in [0, 0.1) is 0 Å². The highest BCUT2D eigenvalue weighted by Crippen LogP contribution is 2.27. The average molecular weight is 355 g/mol. The zero-order valence-electron chi connectivity index (χ0n) is 13.3. The molecule has 2 aromatic carbocycles. The van der Waals surface area contributed by atoms with Crippen molar-refractivity contribution in [2.45, 2.75) is 0 Å². The van der Waals surface area contributed by atoms with Gasteiger partial charge in [0.15, 0.2) is 17.3 Å². The molecular formula is C18H15ClN4O2. The second-order valence-corrected chi connectivity index (χ2v) is 5.50. The first-order valence-electron chi connectivity index (χ1n) is 7.42. The molecule has 126 valence electrons. The monoisotopic (exact) mass is 354 g/mol. The van der Waals surface area contributed by atoms with Crippen LogP contribution in [0.3, 0.4) is 0 Å². The number of hydrazone groups is 1. The van der Waals surface area contributed by atoms with Gasteiger partial charge in [0.2, 0.25) is 0 Å². The second-order valence-electron chi connectivity index (χ2n) is 5.09. The number of benzene rings is 2. The van der Waals surface area contributed by atoms with E-state index < -0.39 is 0 Å². The van der Waals surface area contributed by atoms with Crippen molar-refractivity contribution in [1.29, 1.82) is 0 Å². The lowest BCUT2D eigenvalue weighted by Gasteiger charge is -2.05. The van der Waals surface area contributed by atoms with Gasteiger partial charge >= 0.3 is 0 Å². The molecule has 1 heterocycles. The molecule has 0 saturated carbocycles. The van der Waals surface area contributed by atoms with Crippen LogP contribution in [0.5, 0.6) is 11.5 Å². The summed E-state index contributed by atoms with van der Waals surface area (Å²) in [6.07, 6.45) is 1.57. The fraction of sp³-hybridized carbons (Fsp3) is 0.0556. The minimum absolute atomic E-state index is 0.0711. The molecule has 25 heavy (non-hydrogen) atoms. The van der Waals surface area contributed by atoms with Crippen LogP contribution in [0.4, 0.5) is 5.82 Å². The van der Waals surface area contributed by atoms with Crippen molar-refractivity contribution >= 4 is 23.6 Å². The van der Waals surface area contributed by atoms with E-state index in [9.17, 15) is 5.11 Å². The van der Waals surface area contributed by atoms with Gasteiger partial charge in [-0.05, 0) is 23.8 Å². The van der Waals surface area contributed by atoms with Crippen LogP contribution in [0.2, 0.25) is 5.02 Å². The first-order chi connectivity index (χ1) is 12.2. The Bertz CT molecular complexity index is 901. The largest absolute Gasteiger partial charge is 0.504 e. The van der Waals surface area contributed by atoms with Gasteiger partial charge in [-0.1, -0.05) is 41.9 Å². The van der Waals surface area contributed by atoms with E-state index in [-0.39, 0.29) is 5.75 Å². The zero-order valence-corrected chi connectivity index (χ0v) is 14.1. The first kappa shape index (κ1) is 16.7. The van der Waals surface area contributed by atoms with Gasteiger partial charge in [-0.3, -0.25) is 5.43 Å². The van der Waals surface area contributed by atoms with Crippen LogP contribution in [-0.2, 0) is 0 Å². The van der Waals surface area contributed by atoms with E-state index in [1.807, 2.05) is 30.3 Å². The third-order valence-electron chi connectivity index (χ3n) is 3.39. The Balaban J connectivity index is 1.72. The molecule has 3 rings (SSSR count). The Morgan fingerprint density at radius 1 is 1.12 bits per heavy atom. The number of aromatic nitrogens is 2. The number of phenols is 1. The number of ether oxygens (including phenoxy) is 1. The summed E-state index contributed by atoms with van der Waals surface area (Å²) in [7, 11) is 1.49. The van der Waals surface area contributed by atoms with Crippen molar-refractivity contribution in [2.24, 2.45) is 5.10 Å². The van der Waals surface area contributed by atoms with Crippen LogP contribution in [0.1, 0.15) is 5.56 Å². The van der Waals surface area contributed by atoms with Gasteiger partial charge in [0.25, 0.3) is 0 Å². The van der Waals surface area contributed by atoms with Crippen molar-refractivity contribution in [1.82, 2.24) is 10.2 Å². The molecule has 3 aromatic rings. The third kappa shape index (κ3) is 4.05. The SMILES string of the molecule is COc1cc(/C=N/Nc2cc(Cl)c(-c3ccccc3)nn2)ccc1O. The summed E-state index contributed by atoms with van der Waals surface area (Å²) >= 11 is 6.28. The van der Waals surface area contributed by atoms with E-state index in [0.717, 1.165) is 11.1 Å². The smallest absolute Gasteiger partial charge is 0.170 e. The number of nitrogens with zero attached hydrogens (tertiary/aromatic N) is 3. The summed E-state index contributed by atoms with van der Waals surface area (Å²) < 4.78 is 5.05. The number of rotatable bonds is 5. The number of anilines is 1. The lowest BCUT2D eigenvalue weighted by atomic mass is 10.1. The Morgan fingerprint density at radius 3 is 2.64 bits per heavy atom. The molecule has 0 amide bonds. The van der Waals surface area contributed by atoms with Crippen LogP contribution in [-0.4, -0.2) is 28.6 Å². The fourth-order valence-electron chi connectivity index (χ4n) is 2.16. The van der Waals surface area contributed by atoms with Crippen molar-refractivity contribution < 1.29 is 9.84 Å². The van der Waals surface area contributed by atoms with Crippen molar-refractivity contribution in [3.8, 4) is 22.8 Å². The lowest BCUT2D eigenvalue weighted by molar-refractivity contribution is 0.373. The number of halogens is 1. The predicted molar refractivity (Wildman–Crippen MR) is 98.4 cm³/mol. The highest BCUT2D eigenvalue weighted by molar-refractivity contribution is 6.33. The van der Waals surface area contributed by atoms with Gasteiger partial charge in [0, 0.05) is 11.6 Å². The first-order valence-corrected chi connectivity index (χ1v) is 7.80. The van der Waals surface area contributed by atoms with Crippen LogP contribution >= 0.6 is 11.6 Å². The Morgan fingerprint density at radius 2 is 1.92 bits per heavy atom. The van der Waals surface area contributed by atoms with E-state index in [1.54, 1.807) is 24.4 Å². The summed E-state index contributed by atoms with van der Waals surface area (Å²) in [5.74, 6) is 0.868. The molecule has 0 aliphatic carbocycles. The molecule has 0 aliphatic heterocycles. The minimum atomic E-state index is 0.0711. The van der Waals surface area contributed by atoms with Gasteiger partial charge in [0.1, 0.15) is 5.69 Å². The minimum Gasteiger partial charge on any atom is -0.504 e. The standard InChI is InChI=1S/C18H15ClN4O2/c1-25-16-9-12(7-8-15(16)24)11-20-21-17-10-14(19)18(23-22-17)13-5-3-2-4-6-13/h2-11,24H,1H3,(H,21,22)/b20-11+. The number of aromatic hydroxyl groups is 1. The molecule has 0 spiro atoms. The van der Waals surface area contributed by atoms with E-state index in [0.29, 0.717) is 22.3 Å². The van der Waals surface area contributed by atoms with Gasteiger partial charge in [-0.2, -0.15) is 5.10 Å². The summed E-state index contributed by atoms with van der Waals surface area (Å²) in [4.78, 5) is 0. The predicted octanol–water partition coefficient (Wildman–Crippen LogP) is 3.96. The maximum absolute atomic E-state index is 9.57. The molecule has 0 aliphatic rings. The Kier molecular flexibility index (Phi) is 5.11. The molecule has 0 fully saturated rings. The quantitative estimate of drug-likeness (QED) is 0.535. The number of hydrogen-bond acceptors (Lipinski definition) is 6. The summed E-state index contributed by atoms with van der Waals surface area (Å²) in [6, 6.07) is 16.1. The Hall–Kier alpha value is -3.12. The lowest BCUT2D eigenvalue weighted by Crippen LogP contribution is -1.97. The van der Waals surface area contributed by atoms with E-state index in [1.165, 1.54) is 13.2 Å². The number of methoxy groups -OCH3 is 1. The molecule has 7 heteroatoms. The van der Waals surface area contributed by atoms with Crippen molar-refractivity contribution in [2.75, 3.05) is 12.5 Å². The van der Waals surface area contributed by atoms with E-state index in [2.05, 4.69) is 20.7 Å². The maximum atomic E-state index is 9.57. The summed E-state index contributed by atoms with van der Waals surface area (Å²) in [5.41, 5.74) is 5.03. The van der Waals surface area contributed by atoms with Crippen molar-refractivity contribution in [3.05, 3.63) is 65.2 Å².